The van der Waals surface area contributed by atoms with Crippen LogP contribution in [-0.4, -0.2) is 39.0 Å². The summed E-state index contributed by atoms with van der Waals surface area (Å²) in [6.07, 6.45) is 5.06. The number of nitrogens with one attached hydrogen (secondary N) is 1. The maximum atomic E-state index is 12.5. The van der Waals surface area contributed by atoms with Gasteiger partial charge in [-0.2, -0.15) is 9.46 Å². The summed E-state index contributed by atoms with van der Waals surface area (Å²) in [5, 5.41) is 10.0. The lowest BCUT2D eigenvalue weighted by atomic mass is 9.92. The minimum atomic E-state index is -2.37. The fraction of sp³-hybridized carbons (Fsp3) is 0.273. The summed E-state index contributed by atoms with van der Waals surface area (Å²) in [6, 6.07) is 12.1. The molecular weight excluding hydrogens is 384 g/mol. The Bertz CT molecular complexity index is 1320. The number of aromatic amines is 1. The van der Waals surface area contributed by atoms with Crippen molar-refractivity contribution in [3.05, 3.63) is 48.3 Å². The monoisotopic (exact) mass is 408 g/mol. The highest BCUT2D eigenvalue weighted by Crippen LogP contribution is 2.40. The predicted molar refractivity (Wildman–Crippen MR) is 120 cm³/mol. The van der Waals surface area contributed by atoms with Gasteiger partial charge < -0.3 is 4.74 Å². The third-order valence-corrected chi connectivity index (χ3v) is 5.42. The SMILES string of the molecule is COc1ccc(-c2c(C(C)C)nc(N=S(C)(C)=O)c3cc4[nH]ncc4cc23)cc1. The largest absolute Gasteiger partial charge is 0.497 e. The van der Waals surface area contributed by atoms with Gasteiger partial charge >= 0.3 is 0 Å². The molecule has 0 bridgehead atoms. The summed E-state index contributed by atoms with van der Waals surface area (Å²) in [4.78, 5) is 4.88. The van der Waals surface area contributed by atoms with Gasteiger partial charge in [-0.15, -0.1) is 0 Å². The van der Waals surface area contributed by atoms with Crippen LogP contribution in [0.5, 0.6) is 5.75 Å². The highest BCUT2D eigenvalue weighted by molar-refractivity contribution is 7.92. The van der Waals surface area contributed by atoms with E-state index in [-0.39, 0.29) is 5.92 Å². The second kappa shape index (κ2) is 7.15. The van der Waals surface area contributed by atoms with Crippen LogP contribution in [0.25, 0.3) is 32.8 Å². The molecule has 2 heterocycles. The molecule has 0 radical (unpaired) electrons. The van der Waals surface area contributed by atoms with E-state index in [1.165, 1.54) is 0 Å². The standard InChI is InChI=1S/C22H24N4O2S/c1-13(2)21-20(14-6-8-16(28-3)9-7-14)17-10-15-12-23-25-19(15)11-18(17)22(24-21)26-29(4,5)27/h6-13H,1-5H3,(H,23,25). The molecule has 0 spiro atoms. The molecule has 29 heavy (non-hydrogen) atoms. The number of methoxy groups -OCH3 is 1. The molecule has 150 valence electrons. The van der Waals surface area contributed by atoms with Gasteiger partial charge in [0.1, 0.15) is 5.75 Å². The van der Waals surface area contributed by atoms with E-state index in [4.69, 9.17) is 9.72 Å². The van der Waals surface area contributed by atoms with Crippen molar-refractivity contribution in [2.24, 2.45) is 4.36 Å². The third-order valence-electron chi connectivity index (χ3n) is 4.80. The molecule has 4 aromatic rings. The summed E-state index contributed by atoms with van der Waals surface area (Å²) >= 11 is 0. The smallest absolute Gasteiger partial charge is 0.169 e. The van der Waals surface area contributed by atoms with Crippen LogP contribution in [-0.2, 0) is 9.73 Å². The zero-order valence-corrected chi connectivity index (χ0v) is 18.0. The van der Waals surface area contributed by atoms with E-state index in [9.17, 15) is 4.21 Å². The average molecular weight is 409 g/mol. The molecule has 0 aliphatic carbocycles. The van der Waals surface area contributed by atoms with Crippen LogP contribution in [0.1, 0.15) is 25.5 Å². The summed E-state index contributed by atoms with van der Waals surface area (Å²) < 4.78 is 22.3. The average Bonchev–Trinajstić information content (AvgIpc) is 3.12. The summed E-state index contributed by atoms with van der Waals surface area (Å²) in [5.74, 6) is 1.47. The lowest BCUT2D eigenvalue weighted by Gasteiger charge is -2.17. The number of nitrogens with zero attached hydrogens (tertiary/aromatic N) is 3. The Morgan fingerprint density at radius 3 is 2.45 bits per heavy atom. The first-order chi connectivity index (χ1) is 13.8. The van der Waals surface area contributed by atoms with Crippen molar-refractivity contribution < 1.29 is 8.95 Å². The molecule has 0 fully saturated rings. The molecule has 0 aliphatic rings. The minimum Gasteiger partial charge on any atom is -0.497 e. The number of hydrogen-bond donors (Lipinski definition) is 1. The van der Waals surface area contributed by atoms with E-state index in [0.29, 0.717) is 5.82 Å². The number of benzene rings is 2. The van der Waals surface area contributed by atoms with Crippen molar-refractivity contribution in [3.8, 4) is 16.9 Å². The number of rotatable bonds is 4. The van der Waals surface area contributed by atoms with Gasteiger partial charge in [-0.1, -0.05) is 26.0 Å². The van der Waals surface area contributed by atoms with Crippen molar-refractivity contribution in [2.45, 2.75) is 19.8 Å². The van der Waals surface area contributed by atoms with Crippen LogP contribution >= 0.6 is 0 Å². The van der Waals surface area contributed by atoms with Crippen LogP contribution in [0.4, 0.5) is 5.82 Å². The first-order valence-electron chi connectivity index (χ1n) is 9.39. The van der Waals surface area contributed by atoms with E-state index in [1.807, 2.05) is 36.5 Å². The molecular formula is C22H24N4O2S. The first-order valence-corrected chi connectivity index (χ1v) is 11.7. The number of fused-ring (bicyclic) bond motifs is 2. The Labute approximate surface area is 170 Å². The molecule has 7 heteroatoms. The Morgan fingerprint density at radius 2 is 1.83 bits per heavy atom. The highest BCUT2D eigenvalue weighted by atomic mass is 32.2. The molecule has 0 aliphatic heterocycles. The van der Waals surface area contributed by atoms with Crippen LogP contribution in [0.3, 0.4) is 0 Å². The molecule has 0 unspecified atom stereocenters. The third kappa shape index (κ3) is 3.70. The predicted octanol–water partition coefficient (Wildman–Crippen LogP) is 5.27. The van der Waals surface area contributed by atoms with Crippen LogP contribution in [0.2, 0.25) is 0 Å². The minimum absolute atomic E-state index is 0.162. The summed E-state index contributed by atoms with van der Waals surface area (Å²) in [5.41, 5.74) is 3.92. The van der Waals surface area contributed by atoms with Crippen molar-refractivity contribution in [2.75, 3.05) is 19.6 Å². The van der Waals surface area contributed by atoms with E-state index in [0.717, 1.165) is 44.2 Å². The van der Waals surface area contributed by atoms with Gasteiger partial charge in [0.2, 0.25) is 0 Å². The van der Waals surface area contributed by atoms with Crippen LogP contribution in [0.15, 0.2) is 47.0 Å². The molecule has 6 nitrogen and oxygen atoms in total. The molecule has 1 N–H and O–H groups in total. The van der Waals surface area contributed by atoms with Gasteiger partial charge in [0, 0.05) is 38.6 Å². The van der Waals surface area contributed by atoms with E-state index in [1.54, 1.807) is 19.6 Å². The maximum Gasteiger partial charge on any atom is 0.169 e. The fourth-order valence-electron chi connectivity index (χ4n) is 3.51. The summed E-state index contributed by atoms with van der Waals surface area (Å²) in [6.45, 7) is 4.22. The quantitative estimate of drug-likeness (QED) is 0.499. The lowest BCUT2D eigenvalue weighted by Crippen LogP contribution is -2.00. The van der Waals surface area contributed by atoms with E-state index < -0.39 is 9.73 Å². The van der Waals surface area contributed by atoms with E-state index >= 15 is 0 Å². The van der Waals surface area contributed by atoms with Gasteiger partial charge in [0.25, 0.3) is 0 Å². The second-order valence-corrected chi connectivity index (χ2v) is 10.3. The molecule has 0 saturated heterocycles. The number of ether oxygens (including phenoxy) is 1. The highest BCUT2D eigenvalue weighted by Gasteiger charge is 2.19. The van der Waals surface area contributed by atoms with Crippen molar-refractivity contribution in [1.82, 2.24) is 15.2 Å². The maximum absolute atomic E-state index is 12.5. The lowest BCUT2D eigenvalue weighted by molar-refractivity contribution is 0.415. The van der Waals surface area contributed by atoms with Gasteiger partial charge in [0.05, 0.1) is 24.5 Å². The zero-order chi connectivity index (χ0) is 20.8. The number of H-pyrrole nitrogens is 1. The Hall–Kier alpha value is -2.93. The Kier molecular flexibility index (Phi) is 4.78. The molecule has 2 aromatic carbocycles. The molecule has 0 saturated carbocycles. The fourth-order valence-corrected chi connectivity index (χ4v) is 4.06. The Balaban J connectivity index is 2.16. The zero-order valence-electron chi connectivity index (χ0n) is 17.2. The van der Waals surface area contributed by atoms with Gasteiger partial charge in [-0.3, -0.25) is 5.10 Å². The molecule has 0 amide bonds. The number of pyridine rings is 1. The van der Waals surface area contributed by atoms with Crippen molar-refractivity contribution in [3.63, 3.8) is 0 Å². The topological polar surface area (TPSA) is 80.2 Å². The van der Waals surface area contributed by atoms with Crippen molar-refractivity contribution >= 4 is 37.2 Å². The first kappa shape index (κ1) is 19.4. The summed E-state index contributed by atoms with van der Waals surface area (Å²) in [7, 11) is -0.710. The van der Waals surface area contributed by atoms with Crippen molar-refractivity contribution in [1.29, 1.82) is 0 Å². The van der Waals surface area contributed by atoms with E-state index in [2.05, 4.69) is 34.5 Å². The molecule has 4 rings (SSSR count). The van der Waals surface area contributed by atoms with Gasteiger partial charge in [-0.25, -0.2) is 9.19 Å². The normalized spacial score (nSPS) is 12.1. The molecule has 0 atom stereocenters. The number of hydrogen-bond acceptors (Lipinski definition) is 5. The van der Waals surface area contributed by atoms with Gasteiger partial charge in [-0.05, 0) is 41.1 Å². The Morgan fingerprint density at radius 1 is 1.10 bits per heavy atom. The second-order valence-electron chi connectivity index (χ2n) is 7.71. The van der Waals surface area contributed by atoms with Crippen LogP contribution < -0.4 is 4.74 Å². The number of aromatic nitrogens is 3. The molecule has 2 aromatic heterocycles. The van der Waals surface area contributed by atoms with Gasteiger partial charge in [0.15, 0.2) is 5.82 Å². The van der Waals surface area contributed by atoms with Crippen LogP contribution in [0, 0.1) is 0 Å².